The molecule has 0 unspecified atom stereocenters. The minimum Gasteiger partial charge on any atom is -0.466 e. The summed E-state index contributed by atoms with van der Waals surface area (Å²) in [4.78, 5) is 11.3. The number of hydrogen-bond donors (Lipinski definition) is 0. The third-order valence-corrected chi connectivity index (χ3v) is 4.17. The molecule has 0 spiro atoms. The summed E-state index contributed by atoms with van der Waals surface area (Å²) >= 11 is 12.6. The van der Waals surface area contributed by atoms with Crippen molar-refractivity contribution in [3.8, 4) is 0 Å². The molecule has 0 radical (unpaired) electrons. The molecule has 1 aromatic rings. The zero-order valence-corrected chi connectivity index (χ0v) is 11.9. The van der Waals surface area contributed by atoms with Crippen LogP contribution in [-0.2, 0) is 16.0 Å². The van der Waals surface area contributed by atoms with Crippen LogP contribution in [-0.4, -0.2) is 12.6 Å². The van der Waals surface area contributed by atoms with Gasteiger partial charge in [0.25, 0.3) is 0 Å². The average Bonchev–Trinajstić information content (AvgIpc) is 2.20. The van der Waals surface area contributed by atoms with Gasteiger partial charge in [-0.25, -0.2) is 0 Å². The summed E-state index contributed by atoms with van der Waals surface area (Å²) < 4.78 is 6.38. The van der Waals surface area contributed by atoms with Crippen molar-refractivity contribution in [2.75, 3.05) is 6.61 Å². The monoisotopic (exact) mass is 354 g/mol. The molecule has 0 saturated carbocycles. The molecule has 82 valence electrons. The van der Waals surface area contributed by atoms with Crippen LogP contribution >= 0.6 is 43.5 Å². The van der Waals surface area contributed by atoms with E-state index in [0.717, 1.165) is 14.5 Å². The number of hydrogen-bond acceptors (Lipinski definition) is 2. The molecule has 15 heavy (non-hydrogen) atoms. The number of carbonyl (C=O) groups is 1. The first kappa shape index (κ1) is 13.0. The van der Waals surface area contributed by atoms with Gasteiger partial charge in [-0.3, -0.25) is 4.79 Å². The van der Waals surface area contributed by atoms with Gasteiger partial charge in [0.15, 0.2) is 0 Å². The van der Waals surface area contributed by atoms with Crippen LogP contribution in [0.25, 0.3) is 0 Å². The van der Waals surface area contributed by atoms with Gasteiger partial charge >= 0.3 is 5.97 Å². The van der Waals surface area contributed by atoms with Gasteiger partial charge in [0.2, 0.25) is 0 Å². The first-order valence-electron chi connectivity index (χ1n) is 4.34. The summed E-state index contributed by atoms with van der Waals surface area (Å²) in [5, 5.41) is 0.566. The SMILES string of the molecule is CCOC(=O)Cc1ccc(Br)c(Cl)c1Br. The third-order valence-electron chi connectivity index (χ3n) is 1.76. The van der Waals surface area contributed by atoms with E-state index in [0.29, 0.717) is 11.6 Å². The van der Waals surface area contributed by atoms with Gasteiger partial charge in [-0.15, -0.1) is 0 Å². The Morgan fingerprint density at radius 3 is 2.73 bits per heavy atom. The molecule has 0 saturated heterocycles. The highest BCUT2D eigenvalue weighted by Crippen LogP contribution is 2.33. The Hall–Kier alpha value is -0.0600. The maximum atomic E-state index is 11.3. The van der Waals surface area contributed by atoms with E-state index in [1.54, 1.807) is 6.92 Å². The van der Waals surface area contributed by atoms with E-state index in [1.165, 1.54) is 0 Å². The Labute approximate surface area is 110 Å². The van der Waals surface area contributed by atoms with E-state index >= 15 is 0 Å². The summed E-state index contributed by atoms with van der Waals surface area (Å²) in [6.07, 6.45) is 0.224. The van der Waals surface area contributed by atoms with Crippen molar-refractivity contribution in [1.82, 2.24) is 0 Å². The highest BCUT2D eigenvalue weighted by molar-refractivity contribution is 9.11. The number of rotatable bonds is 3. The van der Waals surface area contributed by atoms with E-state index in [1.807, 2.05) is 12.1 Å². The van der Waals surface area contributed by atoms with E-state index < -0.39 is 0 Å². The third kappa shape index (κ3) is 3.47. The molecule has 0 aromatic heterocycles. The molecule has 0 heterocycles. The van der Waals surface area contributed by atoms with Crippen molar-refractivity contribution in [1.29, 1.82) is 0 Å². The van der Waals surface area contributed by atoms with Gasteiger partial charge in [-0.2, -0.15) is 0 Å². The molecular weight excluding hydrogens is 347 g/mol. The Bertz CT molecular complexity index is 380. The molecule has 0 aliphatic rings. The van der Waals surface area contributed by atoms with E-state index in [9.17, 15) is 4.79 Å². The smallest absolute Gasteiger partial charge is 0.310 e. The lowest BCUT2D eigenvalue weighted by Gasteiger charge is -2.07. The van der Waals surface area contributed by atoms with Crippen LogP contribution in [0.3, 0.4) is 0 Å². The summed E-state index contributed by atoms with van der Waals surface area (Å²) in [7, 11) is 0. The number of halogens is 3. The molecule has 1 rings (SSSR count). The van der Waals surface area contributed by atoms with Crippen LogP contribution in [0.15, 0.2) is 21.1 Å². The Morgan fingerprint density at radius 2 is 2.13 bits per heavy atom. The summed E-state index contributed by atoms with van der Waals surface area (Å²) in [6, 6.07) is 3.64. The van der Waals surface area contributed by atoms with Crippen LogP contribution < -0.4 is 0 Å². The largest absolute Gasteiger partial charge is 0.466 e. The van der Waals surface area contributed by atoms with Crippen molar-refractivity contribution < 1.29 is 9.53 Å². The Balaban J connectivity index is 2.87. The maximum absolute atomic E-state index is 11.3. The molecule has 0 N–H and O–H groups in total. The average molecular weight is 356 g/mol. The molecule has 0 aliphatic carbocycles. The molecule has 2 nitrogen and oxygen atoms in total. The second-order valence-corrected chi connectivity index (χ2v) is 4.84. The molecule has 0 aliphatic heterocycles. The van der Waals surface area contributed by atoms with Crippen molar-refractivity contribution >= 4 is 49.4 Å². The lowest BCUT2D eigenvalue weighted by molar-refractivity contribution is -0.142. The molecule has 0 bridgehead atoms. The fraction of sp³-hybridized carbons (Fsp3) is 0.300. The lowest BCUT2D eigenvalue weighted by atomic mass is 10.1. The van der Waals surface area contributed by atoms with Crippen LogP contribution in [0.5, 0.6) is 0 Å². The molecular formula is C10H9Br2ClO2. The van der Waals surface area contributed by atoms with Gasteiger partial charge in [0, 0.05) is 8.95 Å². The molecule has 0 amide bonds. The second-order valence-electron chi connectivity index (χ2n) is 2.82. The molecule has 5 heteroatoms. The van der Waals surface area contributed by atoms with Gasteiger partial charge < -0.3 is 4.74 Å². The van der Waals surface area contributed by atoms with Crippen molar-refractivity contribution in [3.05, 3.63) is 31.7 Å². The van der Waals surface area contributed by atoms with E-state index in [4.69, 9.17) is 16.3 Å². The Morgan fingerprint density at radius 1 is 1.47 bits per heavy atom. The summed E-state index contributed by atoms with van der Waals surface area (Å²) in [6.45, 7) is 2.17. The Kier molecular flexibility index (Phi) is 5.09. The normalized spacial score (nSPS) is 10.1. The number of ether oxygens (including phenoxy) is 1. The van der Waals surface area contributed by atoms with E-state index in [-0.39, 0.29) is 12.4 Å². The van der Waals surface area contributed by atoms with Crippen molar-refractivity contribution in [2.45, 2.75) is 13.3 Å². The zero-order valence-electron chi connectivity index (χ0n) is 8.02. The zero-order chi connectivity index (χ0) is 11.4. The fourth-order valence-corrected chi connectivity index (χ4v) is 2.34. The van der Waals surface area contributed by atoms with Crippen LogP contribution in [0.4, 0.5) is 0 Å². The summed E-state index contributed by atoms with van der Waals surface area (Å²) in [5.74, 6) is -0.253. The highest BCUT2D eigenvalue weighted by Gasteiger charge is 2.11. The quantitative estimate of drug-likeness (QED) is 0.605. The number of esters is 1. The minimum atomic E-state index is -0.253. The first-order chi connectivity index (χ1) is 7.06. The molecule has 0 atom stereocenters. The molecule has 1 aromatic carbocycles. The standard InChI is InChI=1S/C10H9Br2ClO2/c1-2-15-8(14)5-6-3-4-7(11)10(13)9(6)12/h3-4H,2,5H2,1H3. The number of benzene rings is 1. The molecule has 0 fully saturated rings. The summed E-state index contributed by atoms with van der Waals surface area (Å²) in [5.41, 5.74) is 0.821. The van der Waals surface area contributed by atoms with Gasteiger partial charge in [0.1, 0.15) is 0 Å². The first-order valence-corrected chi connectivity index (χ1v) is 6.30. The van der Waals surface area contributed by atoms with Crippen LogP contribution in [0.1, 0.15) is 12.5 Å². The predicted octanol–water partition coefficient (Wildman–Crippen LogP) is 3.97. The second kappa shape index (κ2) is 5.87. The van der Waals surface area contributed by atoms with Crippen LogP contribution in [0, 0.1) is 0 Å². The van der Waals surface area contributed by atoms with Gasteiger partial charge in [-0.1, -0.05) is 17.7 Å². The topological polar surface area (TPSA) is 26.3 Å². The minimum absolute atomic E-state index is 0.224. The maximum Gasteiger partial charge on any atom is 0.310 e. The van der Waals surface area contributed by atoms with Gasteiger partial charge in [0.05, 0.1) is 18.1 Å². The predicted molar refractivity (Wildman–Crippen MR) is 67.2 cm³/mol. The number of carbonyl (C=O) groups excluding carboxylic acids is 1. The fourth-order valence-electron chi connectivity index (χ4n) is 1.07. The van der Waals surface area contributed by atoms with E-state index in [2.05, 4.69) is 31.9 Å². The van der Waals surface area contributed by atoms with Crippen molar-refractivity contribution in [3.63, 3.8) is 0 Å². The van der Waals surface area contributed by atoms with Gasteiger partial charge in [-0.05, 0) is 50.4 Å². The highest BCUT2D eigenvalue weighted by atomic mass is 79.9. The van der Waals surface area contributed by atoms with Crippen LogP contribution in [0.2, 0.25) is 5.02 Å². The lowest BCUT2D eigenvalue weighted by Crippen LogP contribution is -2.08. The van der Waals surface area contributed by atoms with Crippen molar-refractivity contribution in [2.24, 2.45) is 0 Å².